The lowest BCUT2D eigenvalue weighted by atomic mass is 10.2. The van der Waals surface area contributed by atoms with Crippen molar-refractivity contribution in [2.24, 2.45) is 0 Å². The molecule has 1 aliphatic heterocycles. The number of alkyl halides is 2. The number of thioether (sulfide) groups is 1. The summed E-state index contributed by atoms with van der Waals surface area (Å²) in [5, 5.41) is 3.17. The van der Waals surface area contributed by atoms with E-state index in [1.165, 1.54) is 11.8 Å². The number of carbonyl (C=O) groups is 1. The number of rotatable bonds is 3. The van der Waals surface area contributed by atoms with Crippen molar-refractivity contribution in [3.05, 3.63) is 23.2 Å². The van der Waals surface area contributed by atoms with Crippen molar-refractivity contribution < 1.29 is 18.0 Å². The lowest BCUT2D eigenvalue weighted by molar-refractivity contribution is -0.139. The molecule has 0 aliphatic carbocycles. The minimum Gasteiger partial charge on any atom is -0.431 e. The minimum atomic E-state index is -3.28. The van der Waals surface area contributed by atoms with E-state index in [9.17, 15) is 13.6 Å². The highest BCUT2D eigenvalue weighted by molar-refractivity contribution is 7.99. The Hall–Kier alpha value is -1.34. The molecule has 0 radical (unpaired) electrons. The van der Waals surface area contributed by atoms with Crippen LogP contribution in [0.4, 0.5) is 8.78 Å². The van der Waals surface area contributed by atoms with Gasteiger partial charge in [-0.15, -0.1) is 0 Å². The van der Waals surface area contributed by atoms with Crippen molar-refractivity contribution in [1.82, 2.24) is 10.3 Å². The van der Waals surface area contributed by atoms with Gasteiger partial charge in [0.2, 0.25) is 0 Å². The summed E-state index contributed by atoms with van der Waals surface area (Å²) in [5.41, 5.74) is 1.19. The molecule has 20 heavy (non-hydrogen) atoms. The fourth-order valence-corrected chi connectivity index (χ4v) is 2.98. The van der Waals surface area contributed by atoms with Crippen LogP contribution in [0.5, 0.6) is 0 Å². The maximum Gasteiger partial charge on any atom is 0.326 e. The quantitative estimate of drug-likeness (QED) is 0.884. The lowest BCUT2D eigenvalue weighted by Gasteiger charge is -2.06. The number of carbonyl (C=O) groups excluding carboxylic acids is 1. The predicted octanol–water partition coefficient (Wildman–Crippen LogP) is 3.10. The third kappa shape index (κ3) is 2.60. The molecule has 2 heterocycles. The van der Waals surface area contributed by atoms with E-state index in [4.69, 9.17) is 16.0 Å². The van der Waals surface area contributed by atoms with Crippen molar-refractivity contribution in [3.63, 3.8) is 0 Å². The number of oxazole rings is 1. The summed E-state index contributed by atoms with van der Waals surface area (Å²) in [7, 11) is 0. The first-order valence-corrected chi connectivity index (χ1v) is 7.18. The maximum absolute atomic E-state index is 13.1. The third-order valence-corrected chi connectivity index (χ3v) is 4.13. The fraction of sp³-hybridized carbons (Fsp3) is 0.333. The van der Waals surface area contributed by atoms with E-state index in [1.54, 1.807) is 18.2 Å². The van der Waals surface area contributed by atoms with Gasteiger partial charge in [0.05, 0.1) is 0 Å². The zero-order valence-electron chi connectivity index (χ0n) is 10.0. The Morgan fingerprint density at radius 1 is 1.55 bits per heavy atom. The lowest BCUT2D eigenvalue weighted by Crippen LogP contribution is -2.31. The third-order valence-electron chi connectivity index (χ3n) is 2.91. The van der Waals surface area contributed by atoms with Crippen LogP contribution in [0.15, 0.2) is 27.8 Å². The van der Waals surface area contributed by atoms with Gasteiger partial charge >= 0.3 is 5.92 Å². The molecule has 0 bridgehead atoms. The number of benzene rings is 1. The number of hydrogen-bond donors (Lipinski definition) is 1. The van der Waals surface area contributed by atoms with E-state index >= 15 is 0 Å². The molecule has 2 aromatic rings. The van der Waals surface area contributed by atoms with Crippen molar-refractivity contribution in [2.75, 3.05) is 5.75 Å². The molecule has 1 saturated heterocycles. The number of aromatic nitrogens is 1. The van der Waals surface area contributed by atoms with Crippen LogP contribution in [0.1, 0.15) is 6.42 Å². The molecule has 1 amide bonds. The van der Waals surface area contributed by atoms with Gasteiger partial charge in [-0.3, -0.25) is 4.79 Å². The second kappa shape index (κ2) is 4.89. The largest absolute Gasteiger partial charge is 0.431 e. The van der Waals surface area contributed by atoms with Crippen LogP contribution in [-0.2, 0) is 4.79 Å². The number of amides is 1. The number of hydrogen-bond acceptors (Lipinski definition) is 4. The zero-order valence-corrected chi connectivity index (χ0v) is 11.6. The Morgan fingerprint density at radius 3 is 3.05 bits per heavy atom. The van der Waals surface area contributed by atoms with Crippen molar-refractivity contribution in [1.29, 1.82) is 0 Å². The Labute approximate surface area is 121 Å². The van der Waals surface area contributed by atoms with Gasteiger partial charge in [0, 0.05) is 23.2 Å². The topological polar surface area (TPSA) is 55.1 Å². The molecule has 1 aromatic carbocycles. The summed E-state index contributed by atoms with van der Waals surface area (Å²) in [6.07, 6.45) is -0.495. The van der Waals surface area contributed by atoms with Gasteiger partial charge in [0.1, 0.15) is 5.52 Å². The average Bonchev–Trinajstić information content (AvgIpc) is 2.87. The predicted molar refractivity (Wildman–Crippen MR) is 71.2 cm³/mol. The molecule has 1 atom stereocenters. The standard InChI is InChI=1S/C12H9ClF2N2O2S/c13-6-1-2-9-8(3-6)17-11(19-9)20-5-7-4-12(14,15)10(18)16-7/h1-3,7H,4-5H2,(H,16,18). The van der Waals surface area contributed by atoms with Crippen LogP contribution < -0.4 is 5.32 Å². The van der Waals surface area contributed by atoms with Crippen LogP contribution in [0.3, 0.4) is 0 Å². The van der Waals surface area contributed by atoms with Gasteiger partial charge in [-0.2, -0.15) is 8.78 Å². The minimum absolute atomic E-state index is 0.280. The molecule has 4 nitrogen and oxygen atoms in total. The highest BCUT2D eigenvalue weighted by Crippen LogP contribution is 2.31. The molecule has 1 aliphatic rings. The van der Waals surface area contributed by atoms with Crippen molar-refractivity contribution in [3.8, 4) is 0 Å². The summed E-state index contributed by atoms with van der Waals surface area (Å²) in [6, 6.07) is 4.46. The molecule has 1 fully saturated rings. The highest BCUT2D eigenvalue weighted by Gasteiger charge is 2.48. The summed E-state index contributed by atoms with van der Waals surface area (Å²) < 4.78 is 31.6. The van der Waals surface area contributed by atoms with Crippen LogP contribution in [0.2, 0.25) is 5.02 Å². The van der Waals surface area contributed by atoms with Gasteiger partial charge in [-0.1, -0.05) is 23.4 Å². The Bertz CT molecular complexity index is 677. The van der Waals surface area contributed by atoms with E-state index in [1.807, 2.05) is 0 Å². The summed E-state index contributed by atoms with van der Waals surface area (Å²) in [6.45, 7) is 0. The first kappa shape index (κ1) is 13.6. The Morgan fingerprint density at radius 2 is 2.35 bits per heavy atom. The zero-order chi connectivity index (χ0) is 14.3. The van der Waals surface area contributed by atoms with Crippen LogP contribution in [-0.4, -0.2) is 28.6 Å². The van der Waals surface area contributed by atoms with E-state index in [-0.39, 0.29) is 5.75 Å². The van der Waals surface area contributed by atoms with Gasteiger partial charge in [0.15, 0.2) is 5.58 Å². The monoisotopic (exact) mass is 318 g/mol. The van der Waals surface area contributed by atoms with Crippen LogP contribution >= 0.6 is 23.4 Å². The van der Waals surface area contributed by atoms with Gasteiger partial charge in [-0.25, -0.2) is 4.98 Å². The summed E-state index contributed by atoms with van der Waals surface area (Å²) >= 11 is 7.02. The number of nitrogens with one attached hydrogen (secondary N) is 1. The molecule has 1 N–H and O–H groups in total. The van der Waals surface area contributed by atoms with E-state index in [2.05, 4.69) is 10.3 Å². The first-order chi connectivity index (χ1) is 9.44. The van der Waals surface area contributed by atoms with Crippen molar-refractivity contribution >= 4 is 40.4 Å². The smallest absolute Gasteiger partial charge is 0.326 e. The van der Waals surface area contributed by atoms with E-state index in [0.717, 1.165) is 0 Å². The van der Waals surface area contributed by atoms with E-state index in [0.29, 0.717) is 21.3 Å². The van der Waals surface area contributed by atoms with Crippen LogP contribution in [0, 0.1) is 0 Å². The molecular formula is C12H9ClF2N2O2S. The second-order valence-corrected chi connectivity index (χ2v) is 5.89. The Kier molecular flexibility index (Phi) is 3.33. The second-order valence-electron chi connectivity index (χ2n) is 4.48. The molecule has 0 spiro atoms. The highest BCUT2D eigenvalue weighted by atomic mass is 35.5. The normalized spacial score (nSPS) is 21.4. The number of halogens is 3. The Balaban J connectivity index is 1.67. The molecule has 3 rings (SSSR count). The van der Waals surface area contributed by atoms with E-state index < -0.39 is 24.3 Å². The molecule has 0 saturated carbocycles. The average molecular weight is 319 g/mol. The van der Waals surface area contributed by atoms with Gasteiger partial charge < -0.3 is 9.73 Å². The molecule has 106 valence electrons. The van der Waals surface area contributed by atoms with Crippen molar-refractivity contribution in [2.45, 2.75) is 23.6 Å². The summed E-state index contributed by atoms with van der Waals surface area (Å²) in [4.78, 5) is 15.2. The molecular weight excluding hydrogens is 310 g/mol. The maximum atomic E-state index is 13.1. The SMILES string of the molecule is O=C1NC(CSc2nc3cc(Cl)ccc3o2)CC1(F)F. The first-order valence-electron chi connectivity index (χ1n) is 5.82. The number of fused-ring (bicyclic) bond motifs is 1. The van der Waals surface area contributed by atoms with Crippen LogP contribution in [0.25, 0.3) is 11.1 Å². The molecule has 1 aromatic heterocycles. The molecule has 1 unspecified atom stereocenters. The summed E-state index contributed by atoms with van der Waals surface area (Å²) in [5.74, 6) is -4.21. The fourth-order valence-electron chi connectivity index (χ4n) is 1.96. The number of nitrogens with zero attached hydrogens (tertiary/aromatic N) is 1. The van der Waals surface area contributed by atoms with Gasteiger partial charge in [0.25, 0.3) is 11.1 Å². The molecule has 8 heteroatoms. The van der Waals surface area contributed by atoms with Gasteiger partial charge in [-0.05, 0) is 18.2 Å².